The summed E-state index contributed by atoms with van der Waals surface area (Å²) in [6, 6.07) is 16.8. The van der Waals surface area contributed by atoms with Crippen molar-refractivity contribution >= 4 is 39.7 Å². The molecule has 158 valence electrons. The summed E-state index contributed by atoms with van der Waals surface area (Å²) in [4.78, 5) is 23.4. The first kappa shape index (κ1) is 19.8. The van der Waals surface area contributed by atoms with Crippen molar-refractivity contribution in [1.82, 2.24) is 20.2 Å². The molecule has 3 aromatic heterocycles. The summed E-state index contributed by atoms with van der Waals surface area (Å²) in [5, 5.41) is 10.1. The van der Waals surface area contributed by atoms with Crippen LogP contribution in [0.5, 0.6) is 0 Å². The van der Waals surface area contributed by atoms with Crippen molar-refractivity contribution < 1.29 is 4.79 Å². The normalized spacial score (nSPS) is 14.8. The number of piperidine rings is 1. The molecule has 0 saturated carbocycles. The fraction of sp³-hybridized carbons (Fsp3) is 0.250. The third-order valence-electron chi connectivity index (χ3n) is 5.81. The quantitative estimate of drug-likeness (QED) is 0.411. The maximum atomic E-state index is 13.2. The molecule has 0 unspecified atom stereocenters. The molecule has 6 nitrogen and oxygen atoms in total. The van der Waals surface area contributed by atoms with Gasteiger partial charge in [-0.25, -0.2) is 4.98 Å². The maximum absolute atomic E-state index is 13.2. The highest BCUT2D eigenvalue weighted by Gasteiger charge is 2.26. The second-order valence-electron chi connectivity index (χ2n) is 7.82. The summed E-state index contributed by atoms with van der Waals surface area (Å²) >= 11 is 1.49. The van der Waals surface area contributed by atoms with E-state index < -0.39 is 0 Å². The van der Waals surface area contributed by atoms with Crippen molar-refractivity contribution in [2.45, 2.75) is 25.4 Å². The van der Waals surface area contributed by atoms with Gasteiger partial charge in [-0.3, -0.25) is 4.79 Å². The molecule has 0 aliphatic carbocycles. The second kappa shape index (κ2) is 8.91. The fourth-order valence-corrected chi connectivity index (χ4v) is 4.89. The lowest BCUT2D eigenvalue weighted by molar-refractivity contribution is 0.0710. The molecule has 1 fully saturated rings. The number of hydrogen-bond acceptors (Lipinski definition) is 5. The zero-order valence-corrected chi connectivity index (χ0v) is 18.0. The van der Waals surface area contributed by atoms with Crippen LogP contribution in [0.3, 0.4) is 0 Å². The van der Waals surface area contributed by atoms with E-state index in [0.717, 1.165) is 59.8 Å². The minimum Gasteiger partial charge on any atom is -0.354 e. The van der Waals surface area contributed by atoms with Crippen LogP contribution in [0.25, 0.3) is 11.0 Å². The number of hydrogen-bond donors (Lipinski definition) is 3. The van der Waals surface area contributed by atoms with Crippen LogP contribution in [0, 0.1) is 0 Å². The maximum Gasteiger partial charge on any atom is 0.266 e. The van der Waals surface area contributed by atoms with Gasteiger partial charge in [0, 0.05) is 43.5 Å². The molecule has 1 amide bonds. The standard InChI is InChI=1S/C24H25N5OS/c30-24(29-13-8-18(9-14-29)27-16-17-4-2-1-3-5-17)22-21(10-15-31-22)28-20-7-12-26-23-19(20)6-11-25-23/h1-7,10-12,15,18,27H,8-9,13-14,16H2,(H2,25,26,28). The predicted molar refractivity (Wildman–Crippen MR) is 126 cm³/mol. The average Bonchev–Trinajstić information content (AvgIpc) is 3.48. The van der Waals surface area contributed by atoms with Crippen molar-refractivity contribution in [2.24, 2.45) is 0 Å². The Kier molecular flexibility index (Phi) is 5.69. The molecular formula is C24H25N5OS. The van der Waals surface area contributed by atoms with Crippen molar-refractivity contribution in [1.29, 1.82) is 0 Å². The highest BCUT2D eigenvalue weighted by atomic mass is 32.1. The summed E-state index contributed by atoms with van der Waals surface area (Å²) in [6.07, 6.45) is 5.59. The van der Waals surface area contributed by atoms with Crippen LogP contribution in [-0.4, -0.2) is 39.9 Å². The van der Waals surface area contributed by atoms with Crippen LogP contribution in [0.15, 0.2) is 66.3 Å². The highest BCUT2D eigenvalue weighted by molar-refractivity contribution is 7.12. The summed E-state index contributed by atoms with van der Waals surface area (Å²) in [5.41, 5.74) is 3.93. The van der Waals surface area contributed by atoms with Gasteiger partial charge in [0.1, 0.15) is 10.5 Å². The lowest BCUT2D eigenvalue weighted by atomic mass is 10.0. The van der Waals surface area contributed by atoms with Gasteiger partial charge in [0.15, 0.2) is 0 Å². The third kappa shape index (κ3) is 4.33. The van der Waals surface area contributed by atoms with Crippen LogP contribution in [0.1, 0.15) is 28.1 Å². The van der Waals surface area contributed by atoms with E-state index in [4.69, 9.17) is 0 Å². The number of carbonyl (C=O) groups is 1. The first-order valence-electron chi connectivity index (χ1n) is 10.6. The lowest BCUT2D eigenvalue weighted by Crippen LogP contribution is -2.44. The monoisotopic (exact) mass is 431 g/mol. The van der Waals surface area contributed by atoms with Gasteiger partial charge in [0.2, 0.25) is 0 Å². The van der Waals surface area contributed by atoms with Crippen LogP contribution >= 0.6 is 11.3 Å². The SMILES string of the molecule is O=C(c1sccc1Nc1ccnc2[nH]ccc12)N1CCC(NCc2ccccc2)CC1. The molecule has 0 spiro atoms. The van der Waals surface area contributed by atoms with Gasteiger partial charge in [0.05, 0.1) is 11.4 Å². The van der Waals surface area contributed by atoms with Gasteiger partial charge in [-0.1, -0.05) is 30.3 Å². The van der Waals surface area contributed by atoms with E-state index in [1.165, 1.54) is 16.9 Å². The van der Waals surface area contributed by atoms with Gasteiger partial charge >= 0.3 is 0 Å². The molecular weight excluding hydrogens is 406 g/mol. The van der Waals surface area contributed by atoms with Crippen LogP contribution in [-0.2, 0) is 6.54 Å². The van der Waals surface area contributed by atoms with Crippen molar-refractivity contribution in [3.63, 3.8) is 0 Å². The Hall–Kier alpha value is -3.16. The predicted octanol–water partition coefficient (Wildman–Crippen LogP) is 4.76. The number of anilines is 2. The summed E-state index contributed by atoms with van der Waals surface area (Å²) in [6.45, 7) is 2.43. The second-order valence-corrected chi connectivity index (χ2v) is 8.74. The number of carbonyl (C=O) groups excluding carboxylic acids is 1. The molecule has 31 heavy (non-hydrogen) atoms. The Morgan fingerprint density at radius 1 is 1.10 bits per heavy atom. The van der Waals surface area contributed by atoms with E-state index in [-0.39, 0.29) is 5.91 Å². The van der Waals surface area contributed by atoms with Crippen molar-refractivity contribution in [2.75, 3.05) is 18.4 Å². The van der Waals surface area contributed by atoms with E-state index >= 15 is 0 Å². The number of likely N-dealkylation sites (tertiary alicyclic amines) is 1. The zero-order valence-electron chi connectivity index (χ0n) is 17.2. The number of nitrogens with one attached hydrogen (secondary N) is 3. The molecule has 4 heterocycles. The Bertz CT molecular complexity index is 1160. The molecule has 1 aromatic carbocycles. The van der Waals surface area contributed by atoms with Gasteiger partial charge in [-0.15, -0.1) is 11.3 Å². The summed E-state index contributed by atoms with van der Waals surface area (Å²) in [7, 11) is 0. The molecule has 0 bridgehead atoms. The third-order valence-corrected chi connectivity index (χ3v) is 6.71. The van der Waals surface area contributed by atoms with Crippen molar-refractivity contribution in [3.8, 4) is 0 Å². The molecule has 1 aliphatic rings. The Morgan fingerprint density at radius 3 is 2.77 bits per heavy atom. The molecule has 3 N–H and O–H groups in total. The number of fused-ring (bicyclic) bond motifs is 1. The van der Waals surface area contributed by atoms with Gasteiger partial charge < -0.3 is 20.5 Å². The number of pyridine rings is 1. The largest absolute Gasteiger partial charge is 0.354 e. The molecule has 0 radical (unpaired) electrons. The minimum atomic E-state index is 0.110. The van der Waals surface area contributed by atoms with Gasteiger partial charge in [0.25, 0.3) is 5.91 Å². The van der Waals surface area contributed by atoms with Gasteiger partial charge in [-0.05, 0) is 42.0 Å². The molecule has 1 saturated heterocycles. The first-order chi connectivity index (χ1) is 15.3. The topological polar surface area (TPSA) is 73.0 Å². The molecule has 7 heteroatoms. The van der Waals surface area contributed by atoms with Crippen LogP contribution in [0.2, 0.25) is 0 Å². The number of thiophene rings is 1. The zero-order chi connectivity index (χ0) is 21.0. The van der Waals surface area contributed by atoms with E-state index in [1.54, 1.807) is 6.20 Å². The van der Waals surface area contributed by atoms with E-state index in [1.807, 2.05) is 40.7 Å². The smallest absolute Gasteiger partial charge is 0.266 e. The van der Waals surface area contributed by atoms with Crippen LogP contribution < -0.4 is 10.6 Å². The molecule has 1 aliphatic heterocycles. The molecule has 0 atom stereocenters. The molecule has 5 rings (SSSR count). The number of aromatic nitrogens is 2. The van der Waals surface area contributed by atoms with Gasteiger partial charge in [-0.2, -0.15) is 0 Å². The summed E-state index contributed by atoms with van der Waals surface area (Å²) < 4.78 is 0. The average molecular weight is 432 g/mol. The van der Waals surface area contributed by atoms with Crippen molar-refractivity contribution in [3.05, 3.63) is 76.7 Å². The number of amides is 1. The fourth-order valence-electron chi connectivity index (χ4n) is 4.08. The number of aromatic amines is 1. The van der Waals surface area contributed by atoms with Crippen LogP contribution in [0.4, 0.5) is 11.4 Å². The van der Waals surface area contributed by atoms with E-state index in [2.05, 4.69) is 44.9 Å². The molecule has 4 aromatic rings. The number of nitrogens with zero attached hydrogens (tertiary/aromatic N) is 2. The van der Waals surface area contributed by atoms with E-state index in [9.17, 15) is 4.79 Å². The van der Waals surface area contributed by atoms with E-state index in [0.29, 0.717) is 6.04 Å². The Balaban J connectivity index is 1.21. The highest BCUT2D eigenvalue weighted by Crippen LogP contribution is 2.31. The number of H-pyrrole nitrogens is 1. The Morgan fingerprint density at radius 2 is 1.94 bits per heavy atom. The number of benzene rings is 1. The lowest BCUT2D eigenvalue weighted by Gasteiger charge is -2.32. The number of rotatable bonds is 6. The Labute approximate surface area is 185 Å². The summed E-state index contributed by atoms with van der Waals surface area (Å²) in [5.74, 6) is 0.110. The first-order valence-corrected chi connectivity index (χ1v) is 11.5. The minimum absolute atomic E-state index is 0.110.